The zero-order valence-electron chi connectivity index (χ0n) is 10.3. The van der Waals surface area contributed by atoms with E-state index in [9.17, 15) is 4.79 Å². The van der Waals surface area contributed by atoms with Crippen LogP contribution < -0.4 is 11.1 Å². The van der Waals surface area contributed by atoms with Crippen LogP contribution in [0.4, 0.5) is 0 Å². The summed E-state index contributed by atoms with van der Waals surface area (Å²) in [6.07, 6.45) is 0.861. The first-order valence-electron chi connectivity index (χ1n) is 5.87. The predicted molar refractivity (Wildman–Crippen MR) is 67.4 cm³/mol. The summed E-state index contributed by atoms with van der Waals surface area (Å²) in [6, 6.07) is 8.45. The summed E-state index contributed by atoms with van der Waals surface area (Å²) in [5.74, 6) is 0.0861. The van der Waals surface area contributed by atoms with Crippen molar-refractivity contribution in [3.05, 3.63) is 35.4 Å². The molecule has 3 N–H and O–H groups in total. The predicted octanol–water partition coefficient (Wildman–Crippen LogP) is 0.809. The maximum absolute atomic E-state index is 11.5. The van der Waals surface area contributed by atoms with E-state index in [4.69, 9.17) is 5.73 Å². The molecule has 2 unspecified atom stereocenters. The van der Waals surface area contributed by atoms with Gasteiger partial charge in [-0.1, -0.05) is 24.3 Å². The second kappa shape index (κ2) is 4.85. The fourth-order valence-corrected chi connectivity index (χ4v) is 2.24. The van der Waals surface area contributed by atoms with Gasteiger partial charge in [-0.2, -0.15) is 0 Å². The lowest BCUT2D eigenvalue weighted by Gasteiger charge is -2.16. The first kappa shape index (κ1) is 12.1. The van der Waals surface area contributed by atoms with Crippen molar-refractivity contribution in [2.24, 2.45) is 5.73 Å². The minimum atomic E-state index is 0.0816. The lowest BCUT2D eigenvalue weighted by atomic mass is 10.1. The summed E-state index contributed by atoms with van der Waals surface area (Å²) in [7, 11) is 3.52. The van der Waals surface area contributed by atoms with Gasteiger partial charge in [-0.15, -0.1) is 0 Å². The maximum Gasteiger partial charge on any atom is 0.236 e. The van der Waals surface area contributed by atoms with E-state index in [2.05, 4.69) is 17.4 Å². The van der Waals surface area contributed by atoms with Crippen LogP contribution in [0.15, 0.2) is 24.3 Å². The number of hydrogen-bond donors (Lipinski definition) is 2. The van der Waals surface area contributed by atoms with Crippen LogP contribution in [0.5, 0.6) is 0 Å². The van der Waals surface area contributed by atoms with Crippen molar-refractivity contribution in [3.63, 3.8) is 0 Å². The Balaban J connectivity index is 2.03. The number of nitrogens with two attached hydrogens (primary N) is 1. The molecule has 4 nitrogen and oxygen atoms in total. The highest BCUT2D eigenvalue weighted by molar-refractivity contribution is 5.77. The number of amides is 1. The van der Waals surface area contributed by atoms with Crippen LogP contribution in [-0.2, 0) is 4.79 Å². The van der Waals surface area contributed by atoms with Gasteiger partial charge in [-0.05, 0) is 17.5 Å². The van der Waals surface area contributed by atoms with Crippen molar-refractivity contribution in [2.45, 2.75) is 18.5 Å². The van der Waals surface area contributed by atoms with E-state index in [-0.39, 0.29) is 18.0 Å². The number of likely N-dealkylation sites (N-methyl/N-ethyl adjacent to an activating group) is 1. The Labute approximate surface area is 102 Å². The van der Waals surface area contributed by atoms with Gasteiger partial charge in [0.15, 0.2) is 0 Å². The number of nitrogens with zero attached hydrogens (tertiary/aromatic N) is 1. The van der Waals surface area contributed by atoms with Gasteiger partial charge < -0.3 is 16.0 Å². The van der Waals surface area contributed by atoms with Crippen LogP contribution in [-0.4, -0.2) is 31.4 Å². The third kappa shape index (κ3) is 2.48. The average Bonchev–Trinajstić information content (AvgIpc) is 2.64. The number of carbonyl (C=O) groups is 1. The fourth-order valence-electron chi connectivity index (χ4n) is 2.24. The highest BCUT2D eigenvalue weighted by Gasteiger charge is 2.28. The Morgan fingerprint density at radius 2 is 2.06 bits per heavy atom. The van der Waals surface area contributed by atoms with Crippen LogP contribution in [0.2, 0.25) is 0 Å². The summed E-state index contributed by atoms with van der Waals surface area (Å²) >= 11 is 0. The van der Waals surface area contributed by atoms with E-state index in [1.165, 1.54) is 11.1 Å². The van der Waals surface area contributed by atoms with Gasteiger partial charge in [0.05, 0.1) is 6.54 Å². The van der Waals surface area contributed by atoms with Crippen LogP contribution in [0.3, 0.4) is 0 Å². The molecular weight excluding hydrogens is 214 g/mol. The summed E-state index contributed by atoms with van der Waals surface area (Å²) in [5, 5.41) is 3.28. The standard InChI is InChI=1S/C13H19N3O/c1-16(2)13(17)8-15-12-7-11(14)9-5-3-4-6-10(9)12/h3-6,11-12,15H,7-8,14H2,1-2H3. The fraction of sp³-hybridized carbons (Fsp3) is 0.462. The summed E-state index contributed by atoms with van der Waals surface area (Å²) in [6.45, 7) is 0.360. The van der Waals surface area contributed by atoms with Crippen molar-refractivity contribution < 1.29 is 4.79 Å². The molecule has 0 saturated heterocycles. The monoisotopic (exact) mass is 233 g/mol. The third-order valence-corrected chi connectivity index (χ3v) is 3.26. The van der Waals surface area contributed by atoms with E-state index in [0.717, 1.165) is 6.42 Å². The highest BCUT2D eigenvalue weighted by atomic mass is 16.2. The molecule has 0 saturated carbocycles. The number of benzene rings is 1. The first-order chi connectivity index (χ1) is 8.09. The molecule has 17 heavy (non-hydrogen) atoms. The number of fused-ring (bicyclic) bond motifs is 1. The average molecular weight is 233 g/mol. The molecule has 0 radical (unpaired) electrons. The molecule has 0 heterocycles. The largest absolute Gasteiger partial charge is 0.348 e. The molecule has 4 heteroatoms. The molecule has 1 amide bonds. The van der Waals surface area contributed by atoms with E-state index in [1.807, 2.05) is 12.1 Å². The number of hydrogen-bond acceptors (Lipinski definition) is 3. The van der Waals surface area contributed by atoms with Gasteiger partial charge in [-0.3, -0.25) is 4.79 Å². The molecule has 0 spiro atoms. The second-order valence-electron chi connectivity index (χ2n) is 4.69. The summed E-state index contributed by atoms with van der Waals surface area (Å²) in [5.41, 5.74) is 8.49. The molecular formula is C13H19N3O. The van der Waals surface area contributed by atoms with E-state index < -0.39 is 0 Å². The van der Waals surface area contributed by atoms with Crippen LogP contribution >= 0.6 is 0 Å². The zero-order valence-corrected chi connectivity index (χ0v) is 10.3. The number of nitrogens with one attached hydrogen (secondary N) is 1. The molecule has 1 aliphatic carbocycles. The van der Waals surface area contributed by atoms with E-state index >= 15 is 0 Å². The van der Waals surface area contributed by atoms with Gasteiger partial charge >= 0.3 is 0 Å². The molecule has 1 aromatic carbocycles. The van der Waals surface area contributed by atoms with Crippen molar-refractivity contribution in [1.29, 1.82) is 0 Å². The quantitative estimate of drug-likeness (QED) is 0.812. The Hall–Kier alpha value is -1.39. The van der Waals surface area contributed by atoms with Crippen molar-refractivity contribution in [2.75, 3.05) is 20.6 Å². The molecule has 1 aromatic rings. The molecule has 0 fully saturated rings. The van der Waals surface area contributed by atoms with E-state index in [1.54, 1.807) is 19.0 Å². The van der Waals surface area contributed by atoms with Crippen molar-refractivity contribution in [3.8, 4) is 0 Å². The number of carbonyl (C=O) groups excluding carboxylic acids is 1. The van der Waals surface area contributed by atoms with Crippen LogP contribution in [0, 0.1) is 0 Å². The molecule has 0 bridgehead atoms. The minimum Gasteiger partial charge on any atom is -0.348 e. The molecule has 0 aromatic heterocycles. The van der Waals surface area contributed by atoms with E-state index in [0.29, 0.717) is 6.54 Å². The molecule has 2 rings (SSSR count). The van der Waals surface area contributed by atoms with Crippen LogP contribution in [0.25, 0.3) is 0 Å². The summed E-state index contributed by atoms with van der Waals surface area (Å²) < 4.78 is 0. The zero-order chi connectivity index (χ0) is 12.4. The van der Waals surface area contributed by atoms with Gasteiger partial charge in [0.2, 0.25) is 5.91 Å². The van der Waals surface area contributed by atoms with Gasteiger partial charge in [0.1, 0.15) is 0 Å². The third-order valence-electron chi connectivity index (χ3n) is 3.26. The smallest absolute Gasteiger partial charge is 0.236 e. The van der Waals surface area contributed by atoms with Gasteiger partial charge in [0.25, 0.3) is 0 Å². The summed E-state index contributed by atoms with van der Waals surface area (Å²) in [4.78, 5) is 13.1. The SMILES string of the molecule is CN(C)C(=O)CNC1CC(N)c2ccccc21. The maximum atomic E-state index is 11.5. The minimum absolute atomic E-state index is 0.0816. The Morgan fingerprint density at radius 3 is 2.71 bits per heavy atom. The second-order valence-corrected chi connectivity index (χ2v) is 4.69. The van der Waals surface area contributed by atoms with Gasteiger partial charge in [-0.25, -0.2) is 0 Å². The van der Waals surface area contributed by atoms with Crippen molar-refractivity contribution in [1.82, 2.24) is 10.2 Å². The molecule has 2 atom stereocenters. The topological polar surface area (TPSA) is 58.4 Å². The van der Waals surface area contributed by atoms with Crippen molar-refractivity contribution >= 4 is 5.91 Å². The lowest BCUT2D eigenvalue weighted by molar-refractivity contribution is -0.127. The molecule has 92 valence electrons. The number of rotatable bonds is 3. The normalized spacial score (nSPS) is 22.3. The van der Waals surface area contributed by atoms with Gasteiger partial charge in [0, 0.05) is 26.2 Å². The van der Waals surface area contributed by atoms with Crippen LogP contribution in [0.1, 0.15) is 29.6 Å². The highest BCUT2D eigenvalue weighted by Crippen LogP contribution is 2.36. The Bertz CT molecular complexity index is 417. The molecule has 1 aliphatic rings. The first-order valence-corrected chi connectivity index (χ1v) is 5.87. The molecule has 0 aliphatic heterocycles. The lowest BCUT2D eigenvalue weighted by Crippen LogP contribution is -2.34. The Kier molecular flexibility index (Phi) is 3.45. The Morgan fingerprint density at radius 1 is 1.41 bits per heavy atom.